The number of fused-ring (bicyclic) bond motifs is 1. The van der Waals surface area contributed by atoms with Crippen molar-refractivity contribution < 1.29 is 14.4 Å². The van der Waals surface area contributed by atoms with Gasteiger partial charge in [0.15, 0.2) is 0 Å². The van der Waals surface area contributed by atoms with Crippen LogP contribution in [-0.4, -0.2) is 59.7 Å². The van der Waals surface area contributed by atoms with Crippen LogP contribution < -0.4 is 11.1 Å². The number of primary amides is 1. The molecular weight excluding hydrogens is 471 g/mol. The molecule has 1 unspecified atom stereocenters. The first kappa shape index (κ1) is 23.0. The molecule has 2 aromatic rings. The van der Waals surface area contributed by atoms with Gasteiger partial charge < -0.3 is 16.0 Å². The Morgan fingerprint density at radius 2 is 1.84 bits per heavy atom. The smallest absolute Gasteiger partial charge is 0.255 e. The molecule has 0 saturated carbocycles. The number of nitrogens with two attached hydrogens (primary N) is 1. The van der Waals surface area contributed by atoms with E-state index in [1.54, 1.807) is 23.1 Å². The maximum atomic E-state index is 12.9. The lowest BCUT2D eigenvalue weighted by Crippen LogP contribution is -2.54. The molecule has 4 rings (SSSR count). The summed E-state index contributed by atoms with van der Waals surface area (Å²) in [5.41, 5.74) is 7.45. The Balaban J connectivity index is 1.37. The van der Waals surface area contributed by atoms with Crippen LogP contribution in [-0.2, 0) is 17.6 Å². The second-order valence-electron chi connectivity index (χ2n) is 8.04. The number of hydrogen-bond acceptors (Lipinski definition) is 5. The van der Waals surface area contributed by atoms with E-state index in [4.69, 9.17) is 28.9 Å². The molecule has 1 aliphatic heterocycles. The van der Waals surface area contributed by atoms with Gasteiger partial charge in [-0.05, 0) is 49.9 Å². The fraction of sp³-hybridized carbons (Fsp3) is 0.409. The summed E-state index contributed by atoms with van der Waals surface area (Å²) in [6.07, 6.45) is 2.75. The average Bonchev–Trinajstić information content (AvgIpc) is 3.33. The molecule has 1 saturated heterocycles. The summed E-state index contributed by atoms with van der Waals surface area (Å²) in [5.74, 6) is -0.837. The van der Waals surface area contributed by atoms with Gasteiger partial charge in [0, 0.05) is 36.1 Å². The highest BCUT2D eigenvalue weighted by Crippen LogP contribution is 2.39. The number of anilines is 1. The summed E-state index contributed by atoms with van der Waals surface area (Å²) in [4.78, 5) is 42.6. The lowest BCUT2D eigenvalue weighted by atomic mass is 10.1. The van der Waals surface area contributed by atoms with Crippen molar-refractivity contribution in [3.8, 4) is 0 Å². The van der Waals surface area contributed by atoms with Gasteiger partial charge in [-0.1, -0.05) is 23.2 Å². The van der Waals surface area contributed by atoms with E-state index in [1.165, 1.54) is 11.3 Å². The molecule has 10 heteroatoms. The summed E-state index contributed by atoms with van der Waals surface area (Å²) in [7, 11) is 0. The van der Waals surface area contributed by atoms with E-state index in [0.29, 0.717) is 52.4 Å². The third-order valence-corrected chi connectivity index (χ3v) is 7.85. The normalized spacial score (nSPS) is 17.2. The monoisotopic (exact) mass is 494 g/mol. The van der Waals surface area contributed by atoms with Crippen molar-refractivity contribution in [3.63, 3.8) is 0 Å². The minimum Gasteiger partial charge on any atom is -0.365 e. The van der Waals surface area contributed by atoms with Crippen LogP contribution in [0.3, 0.4) is 0 Å². The average molecular weight is 495 g/mol. The molecule has 0 bridgehead atoms. The van der Waals surface area contributed by atoms with Crippen molar-refractivity contribution in [1.82, 2.24) is 9.80 Å². The number of carbonyl (C=O) groups is 3. The second-order valence-corrected chi connectivity index (χ2v) is 9.99. The molecule has 0 radical (unpaired) electrons. The van der Waals surface area contributed by atoms with E-state index >= 15 is 0 Å². The van der Waals surface area contributed by atoms with Gasteiger partial charge in [0.25, 0.3) is 11.8 Å². The van der Waals surface area contributed by atoms with E-state index < -0.39 is 11.9 Å². The van der Waals surface area contributed by atoms with Gasteiger partial charge >= 0.3 is 0 Å². The number of rotatable bonds is 5. The topological polar surface area (TPSA) is 95.7 Å². The molecule has 170 valence electrons. The van der Waals surface area contributed by atoms with E-state index in [-0.39, 0.29) is 11.8 Å². The largest absolute Gasteiger partial charge is 0.365 e. The number of nitrogens with one attached hydrogen (secondary N) is 1. The summed E-state index contributed by atoms with van der Waals surface area (Å²) >= 11 is 13.5. The molecular formula is C22H24Cl2N4O3S. The second kappa shape index (κ2) is 9.39. The van der Waals surface area contributed by atoms with Gasteiger partial charge in [-0.2, -0.15) is 0 Å². The van der Waals surface area contributed by atoms with Crippen LogP contribution in [0.1, 0.15) is 44.5 Å². The first-order valence-corrected chi connectivity index (χ1v) is 12.1. The predicted octanol–water partition coefficient (Wildman–Crippen LogP) is 3.43. The van der Waals surface area contributed by atoms with Crippen LogP contribution in [0.5, 0.6) is 0 Å². The molecule has 2 heterocycles. The van der Waals surface area contributed by atoms with Gasteiger partial charge in [0.1, 0.15) is 5.00 Å². The van der Waals surface area contributed by atoms with Crippen molar-refractivity contribution in [2.24, 2.45) is 5.73 Å². The van der Waals surface area contributed by atoms with Crippen molar-refractivity contribution in [2.45, 2.75) is 32.2 Å². The van der Waals surface area contributed by atoms with Gasteiger partial charge in [-0.25, -0.2) is 0 Å². The SMILES string of the molecule is CC(C(=O)Nc1sc2c(c1C(N)=O)CCC2)N1CCN(C(=O)c2ccc(Cl)cc2Cl)CC1. The lowest BCUT2D eigenvalue weighted by Gasteiger charge is -2.37. The number of hydrogen-bond donors (Lipinski definition) is 2. The lowest BCUT2D eigenvalue weighted by molar-refractivity contribution is -0.121. The van der Waals surface area contributed by atoms with E-state index in [1.807, 2.05) is 11.8 Å². The highest BCUT2D eigenvalue weighted by molar-refractivity contribution is 7.17. The third-order valence-electron chi connectivity index (χ3n) is 6.09. The Morgan fingerprint density at radius 1 is 1.12 bits per heavy atom. The van der Waals surface area contributed by atoms with Crippen LogP contribution in [0.2, 0.25) is 10.0 Å². The van der Waals surface area contributed by atoms with Crippen LogP contribution in [0.4, 0.5) is 5.00 Å². The number of aryl methyl sites for hydroxylation is 1. The highest BCUT2D eigenvalue weighted by Gasteiger charge is 2.31. The summed E-state index contributed by atoms with van der Waals surface area (Å²) < 4.78 is 0. The molecule has 1 aliphatic carbocycles. The number of halogens is 2. The Morgan fingerprint density at radius 3 is 2.50 bits per heavy atom. The fourth-order valence-corrected chi connectivity index (χ4v) is 6.07. The minimum atomic E-state index is -0.500. The number of benzene rings is 1. The zero-order valence-electron chi connectivity index (χ0n) is 17.6. The fourth-order valence-electron chi connectivity index (χ4n) is 4.28. The quantitative estimate of drug-likeness (QED) is 0.665. The van der Waals surface area contributed by atoms with Crippen LogP contribution in [0.25, 0.3) is 0 Å². The van der Waals surface area contributed by atoms with Crippen LogP contribution in [0, 0.1) is 0 Å². The molecule has 1 aromatic heterocycles. The zero-order valence-corrected chi connectivity index (χ0v) is 19.9. The van der Waals surface area contributed by atoms with Gasteiger partial charge in [-0.15, -0.1) is 11.3 Å². The zero-order chi connectivity index (χ0) is 23.0. The molecule has 1 atom stereocenters. The summed E-state index contributed by atoms with van der Waals surface area (Å²) in [5, 5.41) is 4.27. The summed E-state index contributed by atoms with van der Waals surface area (Å²) in [6.45, 7) is 3.89. The van der Waals surface area contributed by atoms with Crippen LogP contribution in [0.15, 0.2) is 18.2 Å². The predicted molar refractivity (Wildman–Crippen MR) is 127 cm³/mol. The van der Waals surface area contributed by atoms with Gasteiger partial charge in [0.05, 0.1) is 22.2 Å². The molecule has 0 spiro atoms. The van der Waals surface area contributed by atoms with E-state index in [9.17, 15) is 14.4 Å². The first-order chi connectivity index (χ1) is 15.3. The van der Waals surface area contributed by atoms with Crippen molar-refractivity contribution in [1.29, 1.82) is 0 Å². The van der Waals surface area contributed by atoms with Crippen molar-refractivity contribution in [2.75, 3.05) is 31.5 Å². The number of thiophene rings is 1. The number of nitrogens with zero attached hydrogens (tertiary/aromatic N) is 2. The van der Waals surface area contributed by atoms with E-state index in [0.717, 1.165) is 29.7 Å². The Kier molecular flexibility index (Phi) is 6.76. The molecule has 2 aliphatic rings. The van der Waals surface area contributed by atoms with Crippen molar-refractivity contribution >= 4 is 57.3 Å². The molecule has 1 aromatic carbocycles. The maximum absolute atomic E-state index is 12.9. The van der Waals surface area contributed by atoms with E-state index in [2.05, 4.69) is 5.32 Å². The molecule has 1 fully saturated rings. The standard InChI is InChI=1S/C22H24Cl2N4O3S/c1-12(20(30)26-21-18(19(25)29)15-3-2-4-17(15)32-21)27-7-9-28(10-8-27)22(31)14-6-5-13(23)11-16(14)24/h5-6,11-12H,2-4,7-10H2,1H3,(H2,25,29)(H,26,30). The summed E-state index contributed by atoms with van der Waals surface area (Å²) in [6, 6.07) is 4.41. The number of carbonyl (C=O) groups excluding carboxylic acids is 3. The molecule has 32 heavy (non-hydrogen) atoms. The van der Waals surface area contributed by atoms with Crippen LogP contribution >= 0.6 is 34.5 Å². The van der Waals surface area contributed by atoms with Crippen molar-refractivity contribution in [3.05, 3.63) is 49.8 Å². The maximum Gasteiger partial charge on any atom is 0.255 e. The Hall–Kier alpha value is -2.13. The number of piperazine rings is 1. The van der Waals surface area contributed by atoms with Gasteiger partial charge in [0.2, 0.25) is 5.91 Å². The molecule has 7 nitrogen and oxygen atoms in total. The Bertz CT molecular complexity index is 1080. The highest BCUT2D eigenvalue weighted by atomic mass is 35.5. The van der Waals surface area contributed by atoms with Gasteiger partial charge in [-0.3, -0.25) is 19.3 Å². The third kappa shape index (κ3) is 4.50. The number of amides is 3. The Labute approximate surface area is 200 Å². The molecule has 3 N–H and O–H groups in total. The molecule has 3 amide bonds. The first-order valence-electron chi connectivity index (χ1n) is 10.5. The minimum absolute atomic E-state index is 0.150.